The van der Waals surface area contributed by atoms with Crippen molar-refractivity contribution >= 4 is 46.3 Å². The summed E-state index contributed by atoms with van der Waals surface area (Å²) in [4.78, 5) is 26.3. The number of benzene rings is 2. The lowest BCUT2D eigenvalue weighted by Gasteiger charge is -2.14. The van der Waals surface area contributed by atoms with E-state index in [0.717, 1.165) is 30.4 Å². The molecule has 1 heterocycles. The van der Waals surface area contributed by atoms with E-state index in [2.05, 4.69) is 23.8 Å². The Hall–Kier alpha value is -2.84. The Balaban J connectivity index is 1.62. The lowest BCUT2D eigenvalue weighted by atomic mass is 10.1. The summed E-state index contributed by atoms with van der Waals surface area (Å²) >= 11 is 6.74. The molecule has 0 aromatic heterocycles. The van der Waals surface area contributed by atoms with E-state index < -0.39 is 0 Å². The highest BCUT2D eigenvalue weighted by Crippen LogP contribution is 2.35. The van der Waals surface area contributed by atoms with Crippen LogP contribution in [0.4, 0.5) is 0 Å². The molecule has 186 valence electrons. The van der Waals surface area contributed by atoms with E-state index in [0.29, 0.717) is 46.9 Å². The predicted molar refractivity (Wildman–Crippen MR) is 143 cm³/mol. The number of amides is 1. The maximum Gasteiger partial charge on any atom is 0.305 e. The number of hydrogen-bond donors (Lipinski definition) is 0. The highest BCUT2D eigenvalue weighted by atomic mass is 32.2. The van der Waals surface area contributed by atoms with Crippen molar-refractivity contribution in [2.75, 3.05) is 20.3 Å². The van der Waals surface area contributed by atoms with Crippen LogP contribution in [0.3, 0.4) is 0 Å². The van der Waals surface area contributed by atoms with Gasteiger partial charge in [-0.2, -0.15) is 0 Å². The van der Waals surface area contributed by atoms with E-state index in [4.69, 9.17) is 21.7 Å². The fourth-order valence-electron chi connectivity index (χ4n) is 3.51. The van der Waals surface area contributed by atoms with Crippen LogP contribution >= 0.6 is 24.0 Å². The molecule has 1 aliphatic heterocycles. The van der Waals surface area contributed by atoms with Crippen LogP contribution in [0, 0.1) is 6.92 Å². The van der Waals surface area contributed by atoms with E-state index in [9.17, 15) is 9.59 Å². The molecule has 0 N–H and O–H groups in total. The number of methoxy groups -OCH3 is 1. The van der Waals surface area contributed by atoms with E-state index >= 15 is 0 Å². The van der Waals surface area contributed by atoms with Gasteiger partial charge in [0.15, 0.2) is 11.5 Å². The first kappa shape index (κ1) is 26.8. The zero-order valence-corrected chi connectivity index (χ0v) is 22.0. The van der Waals surface area contributed by atoms with Gasteiger partial charge in [-0.25, -0.2) is 0 Å². The van der Waals surface area contributed by atoms with Gasteiger partial charge in [-0.3, -0.25) is 14.5 Å². The summed E-state index contributed by atoms with van der Waals surface area (Å²) in [5, 5.41) is 0. The first-order valence-corrected chi connectivity index (χ1v) is 12.9. The van der Waals surface area contributed by atoms with Crippen molar-refractivity contribution in [3.8, 4) is 11.5 Å². The van der Waals surface area contributed by atoms with Gasteiger partial charge in [-0.1, -0.05) is 66.3 Å². The van der Waals surface area contributed by atoms with E-state index in [1.54, 1.807) is 4.90 Å². The van der Waals surface area contributed by atoms with Crippen LogP contribution < -0.4 is 9.47 Å². The number of hydrogen-bond acceptors (Lipinski definition) is 7. The van der Waals surface area contributed by atoms with E-state index in [1.165, 1.54) is 24.4 Å². The van der Waals surface area contributed by atoms with Crippen LogP contribution in [0.15, 0.2) is 47.4 Å². The molecule has 1 fully saturated rings. The number of nitrogens with zero attached hydrogens (tertiary/aromatic N) is 1. The molecule has 0 spiro atoms. The van der Waals surface area contributed by atoms with Crippen molar-refractivity contribution < 1.29 is 23.8 Å². The monoisotopic (exact) mass is 513 g/mol. The molecule has 1 aliphatic rings. The van der Waals surface area contributed by atoms with Gasteiger partial charge in [-0.15, -0.1) is 0 Å². The van der Waals surface area contributed by atoms with Crippen LogP contribution in [-0.4, -0.2) is 41.4 Å². The number of carbonyl (C=O) groups excluding carboxylic acids is 2. The van der Waals surface area contributed by atoms with Gasteiger partial charge in [0, 0.05) is 13.0 Å². The predicted octanol–water partition coefficient (Wildman–Crippen LogP) is 5.91. The number of aryl methyl sites for hydroxylation is 1. The van der Waals surface area contributed by atoms with Crippen molar-refractivity contribution in [1.82, 2.24) is 4.90 Å². The summed E-state index contributed by atoms with van der Waals surface area (Å²) in [6, 6.07) is 13.9. The fraction of sp³-hybridized carbons (Fsp3) is 0.370. The highest BCUT2D eigenvalue weighted by molar-refractivity contribution is 8.26. The molecule has 0 saturated carbocycles. The number of ether oxygens (including phenoxy) is 3. The molecule has 8 heteroatoms. The molecule has 0 unspecified atom stereocenters. The molecule has 35 heavy (non-hydrogen) atoms. The smallest absolute Gasteiger partial charge is 0.305 e. The van der Waals surface area contributed by atoms with Gasteiger partial charge in [0.2, 0.25) is 0 Å². The Kier molecular flexibility index (Phi) is 10.2. The number of unbranched alkanes of at least 4 members (excludes halogenated alkanes) is 2. The number of esters is 1. The Morgan fingerprint density at radius 1 is 1.06 bits per heavy atom. The largest absolute Gasteiger partial charge is 0.490 e. The second-order valence-corrected chi connectivity index (χ2v) is 9.81. The number of thioether (sulfide) groups is 1. The summed E-state index contributed by atoms with van der Waals surface area (Å²) in [6.07, 6.45) is 4.56. The third-order valence-electron chi connectivity index (χ3n) is 5.44. The first-order chi connectivity index (χ1) is 16.9. The van der Waals surface area contributed by atoms with Crippen LogP contribution in [0.2, 0.25) is 0 Å². The van der Waals surface area contributed by atoms with Crippen molar-refractivity contribution in [2.24, 2.45) is 0 Å². The van der Waals surface area contributed by atoms with Crippen molar-refractivity contribution in [1.29, 1.82) is 0 Å². The summed E-state index contributed by atoms with van der Waals surface area (Å²) in [5.74, 6) is 0.987. The second kappa shape index (κ2) is 13.3. The van der Waals surface area contributed by atoms with E-state index in [1.807, 2.05) is 43.3 Å². The zero-order valence-electron chi connectivity index (χ0n) is 20.4. The maximum atomic E-state index is 12.9. The summed E-state index contributed by atoms with van der Waals surface area (Å²) in [7, 11) is 1.39. The molecule has 0 bridgehead atoms. The molecule has 0 atom stereocenters. The Morgan fingerprint density at radius 3 is 2.54 bits per heavy atom. The molecule has 0 radical (unpaired) electrons. The third-order valence-corrected chi connectivity index (χ3v) is 6.82. The Bertz CT molecular complexity index is 1080. The van der Waals surface area contributed by atoms with Crippen LogP contribution in [0.1, 0.15) is 49.3 Å². The number of thiocarbonyl (C=S) groups is 1. The van der Waals surface area contributed by atoms with Gasteiger partial charge in [0.05, 0.1) is 18.6 Å². The van der Waals surface area contributed by atoms with Gasteiger partial charge < -0.3 is 14.2 Å². The molecule has 3 rings (SSSR count). The van der Waals surface area contributed by atoms with Gasteiger partial charge >= 0.3 is 5.97 Å². The minimum absolute atomic E-state index is 0.0920. The average Bonchev–Trinajstić information content (AvgIpc) is 3.11. The molecule has 0 aliphatic carbocycles. The minimum atomic E-state index is -0.212. The first-order valence-electron chi connectivity index (χ1n) is 11.7. The lowest BCUT2D eigenvalue weighted by molar-refractivity contribution is -0.140. The van der Waals surface area contributed by atoms with Crippen molar-refractivity contribution in [3.05, 3.63) is 64.1 Å². The average molecular weight is 514 g/mol. The maximum absolute atomic E-state index is 12.9. The lowest BCUT2D eigenvalue weighted by Crippen LogP contribution is -2.29. The molecule has 2 aromatic carbocycles. The number of carbonyl (C=O) groups is 2. The standard InChI is InChI=1S/C27H31NO5S2/c1-4-32-23-16-21(13-14-22(23)33-18-20-11-9-19(2)10-12-20)17-24-26(30)28(27(34)35-24)15-7-5-6-8-25(29)31-3/h9-14,16-17H,4-8,15,18H2,1-3H3/b24-17-. The van der Waals surface area contributed by atoms with Crippen LogP contribution in [0.5, 0.6) is 11.5 Å². The van der Waals surface area contributed by atoms with Gasteiger partial charge in [0.25, 0.3) is 5.91 Å². The quantitative estimate of drug-likeness (QED) is 0.151. The molecular formula is C27H31NO5S2. The molecule has 6 nitrogen and oxygen atoms in total. The zero-order chi connectivity index (χ0) is 25.2. The van der Waals surface area contributed by atoms with Crippen LogP contribution in [-0.2, 0) is 20.9 Å². The van der Waals surface area contributed by atoms with Crippen LogP contribution in [0.25, 0.3) is 6.08 Å². The molecule has 1 amide bonds. The number of rotatable bonds is 12. The Labute approximate surface area is 216 Å². The molecular weight excluding hydrogens is 482 g/mol. The van der Waals surface area contributed by atoms with Crippen molar-refractivity contribution in [2.45, 2.75) is 46.1 Å². The van der Waals surface area contributed by atoms with E-state index in [-0.39, 0.29) is 11.9 Å². The third kappa shape index (κ3) is 7.83. The van der Waals surface area contributed by atoms with Gasteiger partial charge in [0.1, 0.15) is 10.9 Å². The Morgan fingerprint density at radius 2 is 1.83 bits per heavy atom. The summed E-state index contributed by atoms with van der Waals surface area (Å²) in [5.41, 5.74) is 3.13. The fourth-order valence-corrected chi connectivity index (χ4v) is 4.82. The van der Waals surface area contributed by atoms with Crippen molar-refractivity contribution in [3.63, 3.8) is 0 Å². The SMILES string of the molecule is CCOc1cc(/C=C2\SC(=S)N(CCCCCC(=O)OC)C2=O)ccc1OCc1ccc(C)cc1. The normalized spacial score (nSPS) is 14.5. The highest BCUT2D eigenvalue weighted by Gasteiger charge is 2.31. The van der Waals surface area contributed by atoms with Gasteiger partial charge in [-0.05, 0) is 56.0 Å². The minimum Gasteiger partial charge on any atom is -0.490 e. The summed E-state index contributed by atoms with van der Waals surface area (Å²) < 4.78 is 17.0. The second-order valence-electron chi connectivity index (χ2n) is 8.13. The molecule has 2 aromatic rings. The topological polar surface area (TPSA) is 65.1 Å². The summed E-state index contributed by atoms with van der Waals surface area (Å²) in [6.45, 7) is 5.46. The molecule has 1 saturated heterocycles.